The average molecular weight is 254 g/mol. The molecule has 3 heteroatoms. The number of hydrogen-bond donors (Lipinski definition) is 1. The molecule has 0 aromatic carbocycles. The van der Waals surface area contributed by atoms with Crippen molar-refractivity contribution in [2.45, 2.75) is 45.6 Å². The third-order valence-corrected chi connectivity index (χ3v) is 4.60. The molecule has 0 aromatic heterocycles. The smallest absolute Gasteiger partial charge is 0.0507 e. The average Bonchev–Trinajstić information content (AvgIpc) is 2.89. The molecule has 2 aliphatic rings. The first-order chi connectivity index (χ1) is 8.79. The van der Waals surface area contributed by atoms with Crippen LogP contribution in [-0.2, 0) is 4.74 Å². The maximum absolute atomic E-state index is 5.47. The van der Waals surface area contributed by atoms with E-state index in [4.69, 9.17) is 4.74 Å². The molecule has 2 rings (SSSR count). The van der Waals surface area contributed by atoms with Crippen LogP contribution in [-0.4, -0.2) is 50.3 Å². The molecule has 2 heterocycles. The number of nitrogens with zero attached hydrogens (tertiary/aromatic N) is 1. The number of rotatable bonds is 6. The van der Waals surface area contributed by atoms with Gasteiger partial charge in [0.05, 0.1) is 6.61 Å². The van der Waals surface area contributed by atoms with E-state index >= 15 is 0 Å². The summed E-state index contributed by atoms with van der Waals surface area (Å²) in [5.74, 6) is 1.69. The minimum atomic E-state index is 0.696. The topological polar surface area (TPSA) is 24.5 Å². The molecule has 3 nitrogen and oxygen atoms in total. The highest BCUT2D eigenvalue weighted by Crippen LogP contribution is 2.23. The molecule has 18 heavy (non-hydrogen) atoms. The number of piperidine rings is 1. The van der Waals surface area contributed by atoms with Crippen molar-refractivity contribution >= 4 is 0 Å². The van der Waals surface area contributed by atoms with Crippen LogP contribution >= 0.6 is 0 Å². The summed E-state index contributed by atoms with van der Waals surface area (Å²) in [6.07, 6.45) is 5.25. The molecule has 2 aliphatic heterocycles. The Hall–Kier alpha value is -0.120. The summed E-state index contributed by atoms with van der Waals surface area (Å²) in [6, 6.07) is 0.696. The van der Waals surface area contributed by atoms with E-state index in [0.29, 0.717) is 6.04 Å². The molecule has 2 saturated heterocycles. The van der Waals surface area contributed by atoms with Gasteiger partial charge < -0.3 is 15.0 Å². The molecule has 0 spiro atoms. The van der Waals surface area contributed by atoms with Crippen molar-refractivity contribution in [1.82, 2.24) is 10.2 Å². The van der Waals surface area contributed by atoms with E-state index in [2.05, 4.69) is 24.1 Å². The number of nitrogens with one attached hydrogen (secondary N) is 1. The van der Waals surface area contributed by atoms with Gasteiger partial charge in [0.1, 0.15) is 0 Å². The fraction of sp³-hybridized carbons (Fsp3) is 1.00. The van der Waals surface area contributed by atoms with E-state index in [1.807, 2.05) is 0 Å². The van der Waals surface area contributed by atoms with Crippen LogP contribution in [0.3, 0.4) is 0 Å². The van der Waals surface area contributed by atoms with Gasteiger partial charge in [-0.15, -0.1) is 0 Å². The predicted molar refractivity (Wildman–Crippen MR) is 75.8 cm³/mol. The fourth-order valence-electron chi connectivity index (χ4n) is 3.27. The van der Waals surface area contributed by atoms with Crippen molar-refractivity contribution < 1.29 is 4.74 Å². The highest BCUT2D eigenvalue weighted by atomic mass is 16.5. The van der Waals surface area contributed by atoms with Crippen molar-refractivity contribution in [3.63, 3.8) is 0 Å². The molecule has 0 saturated carbocycles. The van der Waals surface area contributed by atoms with Gasteiger partial charge in [0.25, 0.3) is 0 Å². The zero-order valence-corrected chi connectivity index (χ0v) is 12.2. The summed E-state index contributed by atoms with van der Waals surface area (Å²) in [4.78, 5) is 2.66. The summed E-state index contributed by atoms with van der Waals surface area (Å²) in [5.41, 5.74) is 0. The maximum atomic E-state index is 5.47. The van der Waals surface area contributed by atoms with E-state index in [9.17, 15) is 0 Å². The van der Waals surface area contributed by atoms with Gasteiger partial charge in [-0.1, -0.05) is 6.92 Å². The highest BCUT2D eigenvalue weighted by molar-refractivity contribution is 4.81. The lowest BCUT2D eigenvalue weighted by atomic mass is 9.90. The molecule has 0 bridgehead atoms. The number of likely N-dealkylation sites (tertiary alicyclic amines) is 1. The van der Waals surface area contributed by atoms with Crippen LogP contribution in [0.5, 0.6) is 0 Å². The molecule has 0 aliphatic carbocycles. The molecular formula is C15H30N2O. The van der Waals surface area contributed by atoms with Gasteiger partial charge in [-0.3, -0.25) is 0 Å². The monoisotopic (exact) mass is 254 g/mol. The molecule has 0 aromatic rings. The van der Waals surface area contributed by atoms with E-state index in [1.165, 1.54) is 51.9 Å². The van der Waals surface area contributed by atoms with Crippen LogP contribution in [0.1, 0.15) is 39.5 Å². The predicted octanol–water partition coefficient (Wildman–Crippen LogP) is 2.12. The molecule has 2 unspecified atom stereocenters. The van der Waals surface area contributed by atoms with Crippen LogP contribution in [0.25, 0.3) is 0 Å². The van der Waals surface area contributed by atoms with Crippen molar-refractivity contribution in [2.24, 2.45) is 11.8 Å². The summed E-state index contributed by atoms with van der Waals surface area (Å²) in [5, 5.41) is 3.65. The lowest BCUT2D eigenvalue weighted by Gasteiger charge is -2.36. The van der Waals surface area contributed by atoms with Gasteiger partial charge >= 0.3 is 0 Å². The molecule has 1 N–H and O–H groups in total. The molecular weight excluding hydrogens is 224 g/mol. The third-order valence-electron chi connectivity index (χ3n) is 4.60. The lowest BCUT2D eigenvalue weighted by molar-refractivity contribution is 0.130. The Morgan fingerprint density at radius 1 is 1.28 bits per heavy atom. The Balaban J connectivity index is 1.64. The molecule has 2 fully saturated rings. The van der Waals surface area contributed by atoms with E-state index in [0.717, 1.165) is 25.0 Å². The minimum absolute atomic E-state index is 0.696. The van der Waals surface area contributed by atoms with E-state index < -0.39 is 0 Å². The summed E-state index contributed by atoms with van der Waals surface area (Å²) < 4.78 is 5.47. The number of hydrogen-bond acceptors (Lipinski definition) is 3. The van der Waals surface area contributed by atoms with Gasteiger partial charge in [-0.2, -0.15) is 0 Å². The zero-order valence-electron chi connectivity index (χ0n) is 12.2. The summed E-state index contributed by atoms with van der Waals surface area (Å²) in [7, 11) is 0. The van der Waals surface area contributed by atoms with Crippen LogP contribution in [0.2, 0.25) is 0 Å². The molecule has 0 radical (unpaired) electrons. The second-order valence-electron chi connectivity index (χ2n) is 6.11. The zero-order chi connectivity index (χ0) is 12.8. The first-order valence-electron chi connectivity index (χ1n) is 7.83. The van der Waals surface area contributed by atoms with Gasteiger partial charge in [-0.05, 0) is 64.1 Å². The van der Waals surface area contributed by atoms with E-state index in [-0.39, 0.29) is 0 Å². The van der Waals surface area contributed by atoms with Crippen LogP contribution < -0.4 is 5.32 Å². The molecule has 0 amide bonds. The third kappa shape index (κ3) is 4.22. The summed E-state index contributed by atoms with van der Waals surface area (Å²) >= 11 is 0. The first kappa shape index (κ1) is 14.3. The normalized spacial score (nSPS) is 28.7. The Labute approximate surface area is 112 Å². The fourth-order valence-corrected chi connectivity index (χ4v) is 3.27. The van der Waals surface area contributed by atoms with Crippen LogP contribution in [0.15, 0.2) is 0 Å². The Kier molecular flexibility index (Phi) is 5.93. The van der Waals surface area contributed by atoms with Crippen molar-refractivity contribution in [2.75, 3.05) is 39.4 Å². The highest BCUT2D eigenvalue weighted by Gasteiger charge is 2.26. The van der Waals surface area contributed by atoms with Gasteiger partial charge in [-0.25, -0.2) is 0 Å². The quantitative estimate of drug-likeness (QED) is 0.786. The van der Waals surface area contributed by atoms with Gasteiger partial charge in [0.2, 0.25) is 0 Å². The minimum Gasteiger partial charge on any atom is -0.381 e. The summed E-state index contributed by atoms with van der Waals surface area (Å²) in [6.45, 7) is 11.6. The van der Waals surface area contributed by atoms with Gasteiger partial charge in [0, 0.05) is 19.2 Å². The van der Waals surface area contributed by atoms with Crippen molar-refractivity contribution in [3.05, 3.63) is 0 Å². The lowest BCUT2D eigenvalue weighted by Crippen LogP contribution is -2.43. The first-order valence-corrected chi connectivity index (χ1v) is 7.83. The Morgan fingerprint density at radius 2 is 2.06 bits per heavy atom. The second-order valence-corrected chi connectivity index (χ2v) is 6.11. The van der Waals surface area contributed by atoms with Gasteiger partial charge in [0.15, 0.2) is 0 Å². The van der Waals surface area contributed by atoms with Crippen LogP contribution in [0.4, 0.5) is 0 Å². The SMILES string of the molecule is CCCNC(C)C1CCN(CC2CCOC2)CC1. The molecule has 106 valence electrons. The Morgan fingerprint density at radius 3 is 2.67 bits per heavy atom. The Bertz CT molecular complexity index is 221. The van der Waals surface area contributed by atoms with E-state index in [1.54, 1.807) is 0 Å². The van der Waals surface area contributed by atoms with Crippen molar-refractivity contribution in [1.29, 1.82) is 0 Å². The maximum Gasteiger partial charge on any atom is 0.0507 e. The molecule has 2 atom stereocenters. The number of ether oxygens (including phenoxy) is 1. The van der Waals surface area contributed by atoms with Crippen LogP contribution in [0, 0.1) is 11.8 Å². The largest absolute Gasteiger partial charge is 0.381 e. The second kappa shape index (κ2) is 7.46. The van der Waals surface area contributed by atoms with Crippen molar-refractivity contribution in [3.8, 4) is 0 Å². The standard InChI is InChI=1S/C15H30N2O/c1-3-7-16-13(2)15-4-8-17(9-5-15)11-14-6-10-18-12-14/h13-16H,3-12H2,1-2H3.